The second kappa shape index (κ2) is 10.2. The van der Waals surface area contributed by atoms with Crippen LogP contribution in [0.4, 0.5) is 17.1 Å². The lowest BCUT2D eigenvalue weighted by Gasteiger charge is -2.49. The van der Waals surface area contributed by atoms with Gasteiger partial charge in [0.15, 0.2) is 0 Å². The van der Waals surface area contributed by atoms with Gasteiger partial charge in [-0.15, -0.1) is 0 Å². The largest absolute Gasteiger partial charge is 0.309 e. The van der Waals surface area contributed by atoms with E-state index in [1.165, 1.54) is 77.9 Å². The van der Waals surface area contributed by atoms with Crippen LogP contribution in [-0.4, -0.2) is 0 Å². The van der Waals surface area contributed by atoms with Crippen LogP contribution in [0.2, 0.25) is 0 Å². The van der Waals surface area contributed by atoms with Crippen molar-refractivity contribution in [2.75, 3.05) is 4.90 Å². The van der Waals surface area contributed by atoms with E-state index < -0.39 is 0 Å². The third-order valence-corrected chi connectivity index (χ3v) is 11.2. The van der Waals surface area contributed by atoms with Crippen molar-refractivity contribution in [3.8, 4) is 22.3 Å². The summed E-state index contributed by atoms with van der Waals surface area (Å²) in [6.07, 6.45) is 10.0. The van der Waals surface area contributed by atoms with Gasteiger partial charge in [0.2, 0.25) is 0 Å². The van der Waals surface area contributed by atoms with E-state index in [0.29, 0.717) is 5.92 Å². The molecule has 0 amide bonds. The Morgan fingerprint density at radius 3 is 2.00 bits per heavy atom. The molecule has 0 fully saturated rings. The Labute approximate surface area is 278 Å². The van der Waals surface area contributed by atoms with E-state index in [9.17, 15) is 0 Å². The lowest BCUT2D eigenvalue weighted by atomic mass is 9.66. The summed E-state index contributed by atoms with van der Waals surface area (Å²) < 4.78 is 0. The maximum atomic E-state index is 2.54. The zero-order valence-electron chi connectivity index (χ0n) is 27.6. The molecule has 228 valence electrons. The highest BCUT2D eigenvalue weighted by Crippen LogP contribution is 2.60. The smallest absolute Gasteiger partial charge is 0.0543 e. The van der Waals surface area contributed by atoms with Gasteiger partial charge in [0, 0.05) is 16.7 Å². The Bertz CT molecular complexity index is 2300. The molecule has 0 spiro atoms. The van der Waals surface area contributed by atoms with Crippen molar-refractivity contribution in [1.82, 2.24) is 0 Å². The van der Waals surface area contributed by atoms with Crippen molar-refractivity contribution in [3.05, 3.63) is 173 Å². The predicted molar refractivity (Wildman–Crippen MR) is 199 cm³/mol. The van der Waals surface area contributed by atoms with Crippen molar-refractivity contribution in [3.63, 3.8) is 0 Å². The van der Waals surface area contributed by atoms with Crippen LogP contribution in [0.1, 0.15) is 67.9 Å². The summed E-state index contributed by atoms with van der Waals surface area (Å²) in [5.74, 6) is 0.420. The Morgan fingerprint density at radius 2 is 1.19 bits per heavy atom. The monoisotopic (exact) mass is 605 g/mol. The number of hydrogen-bond acceptors (Lipinski definition) is 1. The van der Waals surface area contributed by atoms with E-state index >= 15 is 0 Å². The van der Waals surface area contributed by atoms with E-state index in [-0.39, 0.29) is 10.8 Å². The second-order valence-corrected chi connectivity index (χ2v) is 14.5. The maximum Gasteiger partial charge on any atom is 0.0543 e. The highest BCUT2D eigenvalue weighted by molar-refractivity contribution is 6.00. The fourth-order valence-corrected chi connectivity index (χ4v) is 8.64. The zero-order valence-corrected chi connectivity index (χ0v) is 27.6. The van der Waals surface area contributed by atoms with Gasteiger partial charge in [-0.05, 0) is 91.5 Å². The number of anilines is 3. The van der Waals surface area contributed by atoms with Crippen molar-refractivity contribution in [1.29, 1.82) is 0 Å². The number of fused-ring (bicyclic) bond motifs is 5. The highest BCUT2D eigenvalue weighted by Gasteiger charge is 2.45. The van der Waals surface area contributed by atoms with Crippen molar-refractivity contribution < 1.29 is 0 Å². The Balaban J connectivity index is 1.17. The summed E-state index contributed by atoms with van der Waals surface area (Å²) in [6.45, 7) is 9.55. The van der Waals surface area contributed by atoms with Gasteiger partial charge in [0.05, 0.1) is 17.1 Å². The Hall–Kier alpha value is -5.14. The Morgan fingerprint density at radius 1 is 0.532 bits per heavy atom. The summed E-state index contributed by atoms with van der Waals surface area (Å²) in [5.41, 5.74) is 15.7. The summed E-state index contributed by atoms with van der Waals surface area (Å²) in [4.78, 5) is 2.54. The topological polar surface area (TPSA) is 3.24 Å². The van der Waals surface area contributed by atoms with Gasteiger partial charge in [0.25, 0.3) is 0 Å². The van der Waals surface area contributed by atoms with Gasteiger partial charge >= 0.3 is 0 Å². The lowest BCUT2D eigenvalue weighted by Crippen LogP contribution is -2.38. The molecule has 1 heteroatoms. The van der Waals surface area contributed by atoms with E-state index in [0.717, 1.165) is 6.42 Å². The molecular weight excluding hydrogens is 567 g/mol. The number of rotatable bonds is 3. The van der Waals surface area contributed by atoms with E-state index in [2.05, 4.69) is 178 Å². The molecule has 0 bridgehead atoms. The number of allylic oxidation sites excluding steroid dienone is 4. The highest BCUT2D eigenvalue weighted by atomic mass is 15.2. The third kappa shape index (κ3) is 4.09. The summed E-state index contributed by atoms with van der Waals surface area (Å²) in [7, 11) is 0. The molecule has 0 saturated heterocycles. The number of hydrogen-bond donors (Lipinski definition) is 0. The minimum atomic E-state index is -0.151. The zero-order chi connectivity index (χ0) is 31.9. The number of para-hydroxylation sites is 2. The molecule has 0 aromatic heterocycles. The van der Waals surface area contributed by atoms with Crippen LogP contribution in [0.3, 0.4) is 0 Å². The molecule has 1 aliphatic carbocycles. The average molecular weight is 606 g/mol. The fraction of sp³-hybridized carbons (Fsp3) is 0.174. The molecule has 2 heterocycles. The van der Waals surface area contributed by atoms with Gasteiger partial charge in [-0.25, -0.2) is 0 Å². The van der Waals surface area contributed by atoms with Crippen molar-refractivity contribution >= 4 is 27.8 Å². The van der Waals surface area contributed by atoms with Crippen molar-refractivity contribution in [2.24, 2.45) is 0 Å². The molecular formula is C46H39N. The van der Waals surface area contributed by atoms with Gasteiger partial charge < -0.3 is 4.90 Å². The SMILES string of the molecule is CC1(C)c2ccccc2N2c3ccc(-c4cccc(-c5ccc(C6C=CC=CC6)c6ccccc56)c4)cc3C(C)(C)c3cccc1c32. The fourth-order valence-electron chi connectivity index (χ4n) is 8.64. The predicted octanol–water partition coefficient (Wildman–Crippen LogP) is 12.5. The first-order valence-corrected chi connectivity index (χ1v) is 17.0. The molecule has 2 aliphatic heterocycles. The summed E-state index contributed by atoms with van der Waals surface area (Å²) >= 11 is 0. The van der Waals surface area contributed by atoms with Gasteiger partial charge in [0.1, 0.15) is 0 Å². The molecule has 1 nitrogen and oxygen atoms in total. The molecule has 3 aliphatic rings. The van der Waals surface area contributed by atoms with E-state index in [1.54, 1.807) is 0 Å². The third-order valence-electron chi connectivity index (χ3n) is 11.2. The van der Waals surface area contributed by atoms with E-state index in [1.807, 2.05) is 0 Å². The average Bonchev–Trinajstić information content (AvgIpc) is 3.11. The maximum absolute atomic E-state index is 2.54. The first kappa shape index (κ1) is 28.1. The van der Waals surface area contributed by atoms with Crippen LogP contribution in [0, 0.1) is 0 Å². The summed E-state index contributed by atoms with van der Waals surface area (Å²) in [5, 5.41) is 2.66. The molecule has 0 saturated carbocycles. The molecule has 6 aromatic carbocycles. The van der Waals surface area contributed by atoms with Crippen LogP contribution in [0.5, 0.6) is 0 Å². The normalized spacial score (nSPS) is 18.0. The quantitative estimate of drug-likeness (QED) is 0.194. The van der Waals surface area contributed by atoms with Crippen LogP contribution in [0.15, 0.2) is 146 Å². The molecule has 1 atom stereocenters. The van der Waals surface area contributed by atoms with Gasteiger partial charge in [-0.1, -0.05) is 149 Å². The van der Waals surface area contributed by atoms with Crippen LogP contribution < -0.4 is 4.90 Å². The van der Waals surface area contributed by atoms with E-state index in [4.69, 9.17) is 0 Å². The minimum absolute atomic E-state index is 0.0705. The van der Waals surface area contributed by atoms with Crippen LogP contribution in [-0.2, 0) is 10.8 Å². The Kier molecular flexibility index (Phi) is 6.09. The standard InChI is InChI=1S/C46H39N/c1-45(2)38-20-10-11-23-42(38)47-43-27-24-32(29-41(43)46(3,4)40-22-13-21-39(45)44(40)47)31-16-12-17-33(28-31)35-26-25-34(30-14-6-5-7-15-30)36-18-8-9-19-37(35)36/h5-14,16-30H,15H2,1-4H3. The summed E-state index contributed by atoms with van der Waals surface area (Å²) in [6, 6.07) is 45.8. The van der Waals surface area contributed by atoms with Gasteiger partial charge in [-0.2, -0.15) is 0 Å². The number of nitrogens with zero attached hydrogens (tertiary/aromatic N) is 1. The van der Waals surface area contributed by atoms with Crippen LogP contribution in [0.25, 0.3) is 33.0 Å². The first-order chi connectivity index (χ1) is 22.8. The molecule has 0 radical (unpaired) electrons. The molecule has 9 rings (SSSR count). The lowest BCUT2D eigenvalue weighted by molar-refractivity contribution is 0.597. The molecule has 0 N–H and O–H groups in total. The molecule has 1 unspecified atom stereocenters. The number of benzene rings is 6. The first-order valence-electron chi connectivity index (χ1n) is 17.0. The van der Waals surface area contributed by atoms with Crippen LogP contribution >= 0.6 is 0 Å². The van der Waals surface area contributed by atoms with Crippen molar-refractivity contribution in [2.45, 2.75) is 50.9 Å². The minimum Gasteiger partial charge on any atom is -0.309 e. The molecule has 6 aromatic rings. The van der Waals surface area contributed by atoms with Gasteiger partial charge in [-0.3, -0.25) is 0 Å². The second-order valence-electron chi connectivity index (χ2n) is 14.5. The molecule has 47 heavy (non-hydrogen) atoms.